The minimum absolute atomic E-state index is 0.218. The Morgan fingerprint density at radius 3 is 2.52 bits per heavy atom. The van der Waals surface area contributed by atoms with Crippen molar-refractivity contribution in [1.82, 2.24) is 20.2 Å². The number of nitrogens with one attached hydrogen (secondary N) is 1. The molecule has 33 heavy (non-hydrogen) atoms. The Hall–Kier alpha value is -3.70. The number of rotatable bonds is 7. The summed E-state index contributed by atoms with van der Waals surface area (Å²) >= 11 is 2.57. The zero-order valence-corrected chi connectivity index (χ0v) is 19.1. The van der Waals surface area contributed by atoms with Gasteiger partial charge in [0.15, 0.2) is 22.3 Å². The SMILES string of the molecule is COc1ccc2nc(NC(=O)C(C)Sc3nnc(-c4ccco4)c(-c4ccco4)n3)sc2c1. The third-order valence-corrected chi connectivity index (χ3v) is 6.54. The van der Waals surface area contributed by atoms with Gasteiger partial charge in [0, 0.05) is 0 Å². The fraction of sp³-hybridized carbons (Fsp3) is 0.136. The number of ether oxygens (including phenoxy) is 1. The largest absolute Gasteiger partial charge is 0.497 e. The molecule has 1 atom stereocenters. The van der Waals surface area contributed by atoms with Crippen molar-refractivity contribution in [3.05, 3.63) is 55.0 Å². The van der Waals surface area contributed by atoms with Gasteiger partial charge >= 0.3 is 0 Å². The molecule has 5 rings (SSSR count). The van der Waals surface area contributed by atoms with Crippen molar-refractivity contribution in [2.24, 2.45) is 0 Å². The zero-order valence-electron chi connectivity index (χ0n) is 17.5. The van der Waals surface area contributed by atoms with Crippen LogP contribution in [-0.2, 0) is 4.79 Å². The van der Waals surface area contributed by atoms with Gasteiger partial charge < -0.3 is 18.9 Å². The second kappa shape index (κ2) is 9.04. The van der Waals surface area contributed by atoms with E-state index in [9.17, 15) is 4.79 Å². The first kappa shape index (κ1) is 21.2. The summed E-state index contributed by atoms with van der Waals surface area (Å²) in [6, 6.07) is 12.7. The van der Waals surface area contributed by atoms with E-state index in [1.165, 1.54) is 23.1 Å². The number of anilines is 1. The lowest BCUT2D eigenvalue weighted by Crippen LogP contribution is -2.22. The van der Waals surface area contributed by atoms with Crippen LogP contribution in [0.3, 0.4) is 0 Å². The van der Waals surface area contributed by atoms with Crippen molar-refractivity contribution in [2.75, 3.05) is 12.4 Å². The number of thiazole rings is 1. The van der Waals surface area contributed by atoms with Crippen LogP contribution in [-0.4, -0.2) is 38.4 Å². The van der Waals surface area contributed by atoms with Crippen LogP contribution in [0, 0.1) is 0 Å². The second-order valence-corrected chi connectivity index (χ2v) is 9.19. The van der Waals surface area contributed by atoms with Crippen LogP contribution in [0.25, 0.3) is 33.1 Å². The minimum Gasteiger partial charge on any atom is -0.497 e. The molecule has 0 saturated heterocycles. The molecule has 0 aliphatic heterocycles. The average molecular weight is 480 g/mol. The molecule has 9 nitrogen and oxygen atoms in total. The number of hydrogen-bond donors (Lipinski definition) is 1. The number of amides is 1. The average Bonchev–Trinajstić information content (AvgIpc) is 3.60. The van der Waals surface area contributed by atoms with E-state index in [0.29, 0.717) is 33.2 Å². The number of carbonyl (C=O) groups excluding carboxylic acids is 1. The quantitative estimate of drug-likeness (QED) is 0.317. The van der Waals surface area contributed by atoms with Crippen LogP contribution in [0.1, 0.15) is 6.92 Å². The fourth-order valence-electron chi connectivity index (χ4n) is 3.03. The highest BCUT2D eigenvalue weighted by molar-refractivity contribution is 8.00. The summed E-state index contributed by atoms with van der Waals surface area (Å²) in [6.45, 7) is 1.77. The Balaban J connectivity index is 1.34. The van der Waals surface area contributed by atoms with Gasteiger partial charge in [0.25, 0.3) is 0 Å². The number of thioether (sulfide) groups is 1. The first-order valence-electron chi connectivity index (χ1n) is 9.85. The maximum absolute atomic E-state index is 12.8. The highest BCUT2D eigenvalue weighted by Crippen LogP contribution is 2.32. The van der Waals surface area contributed by atoms with Gasteiger partial charge in [-0.05, 0) is 49.4 Å². The Morgan fingerprint density at radius 2 is 1.82 bits per heavy atom. The third kappa shape index (κ3) is 4.45. The highest BCUT2D eigenvalue weighted by atomic mass is 32.2. The smallest absolute Gasteiger partial charge is 0.239 e. The first-order valence-corrected chi connectivity index (χ1v) is 11.5. The number of furan rings is 2. The van der Waals surface area contributed by atoms with E-state index in [1.54, 1.807) is 50.8 Å². The standard InChI is InChI=1S/C22H17N5O4S2/c1-12(20(28)25-21-23-14-8-7-13(29-2)11-17(14)33-21)32-22-24-18(15-5-3-9-30-15)19(26-27-22)16-6-4-10-31-16/h3-12H,1-2H3,(H,23,25,28). The molecular weight excluding hydrogens is 462 g/mol. The summed E-state index contributed by atoms with van der Waals surface area (Å²) in [6.07, 6.45) is 3.11. The van der Waals surface area contributed by atoms with E-state index in [2.05, 4.69) is 25.5 Å². The molecule has 0 bridgehead atoms. The van der Waals surface area contributed by atoms with Crippen molar-refractivity contribution >= 4 is 44.4 Å². The summed E-state index contributed by atoms with van der Waals surface area (Å²) in [4.78, 5) is 21.8. The molecule has 4 aromatic heterocycles. The monoisotopic (exact) mass is 479 g/mol. The van der Waals surface area contributed by atoms with Gasteiger partial charge in [0.2, 0.25) is 11.1 Å². The Morgan fingerprint density at radius 1 is 1.06 bits per heavy atom. The first-order chi connectivity index (χ1) is 16.1. The van der Waals surface area contributed by atoms with Gasteiger partial charge in [0.05, 0.1) is 35.1 Å². The highest BCUT2D eigenvalue weighted by Gasteiger charge is 2.22. The molecule has 166 valence electrons. The lowest BCUT2D eigenvalue weighted by molar-refractivity contribution is -0.115. The molecule has 0 aliphatic rings. The molecule has 0 fully saturated rings. The number of aromatic nitrogens is 4. The molecule has 1 aromatic carbocycles. The summed E-state index contributed by atoms with van der Waals surface area (Å²) in [5.41, 5.74) is 1.74. The number of benzene rings is 1. The lowest BCUT2D eigenvalue weighted by atomic mass is 10.2. The van der Waals surface area contributed by atoms with E-state index in [4.69, 9.17) is 13.6 Å². The van der Waals surface area contributed by atoms with E-state index in [1.807, 2.05) is 18.2 Å². The molecule has 0 saturated carbocycles. The van der Waals surface area contributed by atoms with E-state index >= 15 is 0 Å². The van der Waals surface area contributed by atoms with Crippen LogP contribution in [0.2, 0.25) is 0 Å². The number of fused-ring (bicyclic) bond motifs is 1. The summed E-state index contributed by atoms with van der Waals surface area (Å²) in [5.74, 6) is 1.57. The minimum atomic E-state index is -0.493. The molecule has 0 aliphatic carbocycles. The van der Waals surface area contributed by atoms with Crippen LogP contribution < -0.4 is 10.1 Å². The Bertz CT molecular complexity index is 1400. The predicted molar refractivity (Wildman–Crippen MR) is 125 cm³/mol. The second-order valence-electron chi connectivity index (χ2n) is 6.85. The molecule has 5 aromatic rings. The molecule has 1 amide bonds. The Labute approximate surface area is 196 Å². The predicted octanol–water partition coefficient (Wildman–Crippen LogP) is 5.13. The maximum Gasteiger partial charge on any atom is 0.239 e. The number of carbonyl (C=O) groups is 1. The van der Waals surface area contributed by atoms with Crippen LogP contribution >= 0.6 is 23.1 Å². The van der Waals surface area contributed by atoms with Crippen molar-refractivity contribution in [3.63, 3.8) is 0 Å². The van der Waals surface area contributed by atoms with Crippen molar-refractivity contribution < 1.29 is 18.4 Å². The Kier molecular flexibility index (Phi) is 5.80. The van der Waals surface area contributed by atoms with Gasteiger partial charge in [-0.3, -0.25) is 4.79 Å². The summed E-state index contributed by atoms with van der Waals surface area (Å²) in [7, 11) is 1.61. The number of hydrogen-bond acceptors (Lipinski definition) is 10. The van der Waals surface area contributed by atoms with Crippen LogP contribution in [0.15, 0.2) is 69.0 Å². The molecule has 4 heterocycles. The molecular formula is C22H17N5O4S2. The maximum atomic E-state index is 12.8. The van der Waals surface area contributed by atoms with Gasteiger partial charge in [0.1, 0.15) is 11.4 Å². The van der Waals surface area contributed by atoms with Gasteiger partial charge in [-0.15, -0.1) is 10.2 Å². The molecule has 0 radical (unpaired) electrons. The van der Waals surface area contributed by atoms with E-state index in [0.717, 1.165) is 16.0 Å². The number of nitrogens with zero attached hydrogens (tertiary/aromatic N) is 4. The van der Waals surface area contributed by atoms with Crippen LogP contribution in [0.4, 0.5) is 5.13 Å². The van der Waals surface area contributed by atoms with E-state index in [-0.39, 0.29) is 5.91 Å². The molecule has 0 spiro atoms. The molecule has 1 N–H and O–H groups in total. The van der Waals surface area contributed by atoms with Crippen molar-refractivity contribution in [3.8, 4) is 28.7 Å². The van der Waals surface area contributed by atoms with Gasteiger partial charge in [-0.1, -0.05) is 23.1 Å². The normalized spacial score (nSPS) is 12.1. The lowest BCUT2D eigenvalue weighted by Gasteiger charge is -2.10. The molecule has 1 unspecified atom stereocenters. The summed E-state index contributed by atoms with van der Waals surface area (Å²) in [5, 5.41) is 11.7. The van der Waals surface area contributed by atoms with Gasteiger partial charge in [-0.2, -0.15) is 0 Å². The fourth-order valence-corrected chi connectivity index (χ4v) is 4.64. The summed E-state index contributed by atoms with van der Waals surface area (Å²) < 4.78 is 17.1. The van der Waals surface area contributed by atoms with Gasteiger partial charge in [-0.25, -0.2) is 9.97 Å². The van der Waals surface area contributed by atoms with Crippen LogP contribution in [0.5, 0.6) is 5.75 Å². The van der Waals surface area contributed by atoms with Crippen molar-refractivity contribution in [2.45, 2.75) is 17.3 Å². The molecule has 11 heteroatoms. The zero-order chi connectivity index (χ0) is 22.8. The van der Waals surface area contributed by atoms with Crippen molar-refractivity contribution in [1.29, 1.82) is 0 Å². The topological polar surface area (TPSA) is 116 Å². The van der Waals surface area contributed by atoms with E-state index < -0.39 is 5.25 Å². The number of methoxy groups -OCH3 is 1. The third-order valence-electron chi connectivity index (χ3n) is 4.65.